The second-order valence-electron chi connectivity index (χ2n) is 6.45. The second-order valence-corrected chi connectivity index (χ2v) is 6.45. The molecule has 0 N–H and O–H groups in total. The molecular formula is C24H22O3. The molecule has 0 aliphatic heterocycles. The van der Waals surface area contributed by atoms with Gasteiger partial charge in [0.25, 0.3) is 0 Å². The smallest absolute Gasteiger partial charge is 0.163 e. The van der Waals surface area contributed by atoms with Crippen molar-refractivity contribution in [3.63, 3.8) is 0 Å². The van der Waals surface area contributed by atoms with E-state index in [4.69, 9.17) is 4.74 Å². The van der Waals surface area contributed by atoms with Gasteiger partial charge in [-0.2, -0.15) is 0 Å². The van der Waals surface area contributed by atoms with Crippen LogP contribution in [0.3, 0.4) is 0 Å². The van der Waals surface area contributed by atoms with Crippen LogP contribution in [0.5, 0.6) is 5.75 Å². The number of carbonyl (C=O) groups excluding carboxylic acids is 2. The van der Waals surface area contributed by atoms with Crippen molar-refractivity contribution in [2.24, 2.45) is 0 Å². The van der Waals surface area contributed by atoms with Gasteiger partial charge in [-0.25, -0.2) is 0 Å². The third-order valence-electron chi connectivity index (χ3n) is 4.61. The van der Waals surface area contributed by atoms with Gasteiger partial charge in [0.15, 0.2) is 5.78 Å². The van der Waals surface area contributed by atoms with Crippen molar-refractivity contribution in [3.8, 4) is 5.75 Å². The Morgan fingerprint density at radius 2 is 1.41 bits per heavy atom. The zero-order valence-corrected chi connectivity index (χ0v) is 15.3. The molecule has 3 heteroatoms. The molecule has 27 heavy (non-hydrogen) atoms. The summed E-state index contributed by atoms with van der Waals surface area (Å²) in [4.78, 5) is 25.8. The van der Waals surface area contributed by atoms with E-state index in [1.54, 1.807) is 31.4 Å². The summed E-state index contributed by atoms with van der Waals surface area (Å²) in [6.45, 7) is 0. The fraction of sp³-hybridized carbons (Fsp3) is 0.167. The van der Waals surface area contributed by atoms with Crippen molar-refractivity contribution in [2.75, 3.05) is 7.11 Å². The van der Waals surface area contributed by atoms with Crippen LogP contribution >= 0.6 is 0 Å². The third kappa shape index (κ3) is 4.91. The maximum Gasteiger partial charge on any atom is 0.163 e. The highest BCUT2D eigenvalue weighted by Crippen LogP contribution is 2.25. The van der Waals surface area contributed by atoms with E-state index in [0.29, 0.717) is 17.7 Å². The average molecular weight is 358 g/mol. The van der Waals surface area contributed by atoms with Crippen LogP contribution < -0.4 is 4.74 Å². The van der Waals surface area contributed by atoms with Gasteiger partial charge >= 0.3 is 0 Å². The molecule has 3 aromatic rings. The largest absolute Gasteiger partial charge is 0.497 e. The van der Waals surface area contributed by atoms with Gasteiger partial charge < -0.3 is 4.74 Å². The van der Waals surface area contributed by atoms with Crippen molar-refractivity contribution in [1.29, 1.82) is 0 Å². The van der Waals surface area contributed by atoms with Gasteiger partial charge in [0.05, 0.1) is 13.0 Å². The first-order valence-electron chi connectivity index (χ1n) is 8.96. The van der Waals surface area contributed by atoms with E-state index in [0.717, 1.165) is 11.1 Å². The Labute approximate surface area is 159 Å². The molecule has 136 valence electrons. The van der Waals surface area contributed by atoms with Crippen LogP contribution in [0.2, 0.25) is 0 Å². The normalized spacial score (nSPS) is 11.6. The van der Waals surface area contributed by atoms with Gasteiger partial charge in [0.2, 0.25) is 0 Å². The Bertz CT molecular complexity index is 884. The van der Waals surface area contributed by atoms with Gasteiger partial charge in [-0.15, -0.1) is 0 Å². The van der Waals surface area contributed by atoms with Gasteiger partial charge in [0.1, 0.15) is 11.5 Å². The lowest BCUT2D eigenvalue weighted by atomic mass is 9.86. The fourth-order valence-corrected chi connectivity index (χ4v) is 3.10. The molecule has 0 aromatic heterocycles. The summed E-state index contributed by atoms with van der Waals surface area (Å²) in [6, 6.07) is 26.2. The summed E-state index contributed by atoms with van der Waals surface area (Å²) in [7, 11) is 1.59. The maximum atomic E-state index is 13.0. The molecule has 0 aliphatic carbocycles. The molecule has 0 heterocycles. The van der Waals surface area contributed by atoms with Crippen LogP contribution in [-0.2, 0) is 11.2 Å². The van der Waals surface area contributed by atoms with Crippen LogP contribution in [0, 0.1) is 0 Å². The third-order valence-corrected chi connectivity index (χ3v) is 4.61. The lowest BCUT2D eigenvalue weighted by molar-refractivity contribution is -0.119. The van der Waals surface area contributed by atoms with Crippen molar-refractivity contribution in [1.82, 2.24) is 0 Å². The number of hydrogen-bond acceptors (Lipinski definition) is 3. The molecule has 0 spiro atoms. The van der Waals surface area contributed by atoms with Crippen LogP contribution in [0.1, 0.15) is 33.8 Å². The number of ketones is 2. The summed E-state index contributed by atoms with van der Waals surface area (Å²) in [5.41, 5.74) is 2.42. The molecule has 1 unspecified atom stereocenters. The van der Waals surface area contributed by atoms with Crippen LogP contribution in [0.15, 0.2) is 84.9 Å². The molecule has 1 atom stereocenters. The number of methoxy groups -OCH3 is 1. The zero-order valence-electron chi connectivity index (χ0n) is 15.3. The van der Waals surface area contributed by atoms with Crippen molar-refractivity contribution in [3.05, 3.63) is 102 Å². The highest BCUT2D eigenvalue weighted by Gasteiger charge is 2.24. The van der Waals surface area contributed by atoms with E-state index in [2.05, 4.69) is 0 Å². The first-order chi connectivity index (χ1) is 13.2. The number of rotatable bonds is 8. The van der Waals surface area contributed by atoms with Crippen molar-refractivity contribution < 1.29 is 14.3 Å². The molecule has 0 saturated carbocycles. The maximum absolute atomic E-state index is 13.0. The molecule has 0 bridgehead atoms. The highest BCUT2D eigenvalue weighted by atomic mass is 16.5. The molecule has 0 saturated heterocycles. The van der Waals surface area contributed by atoms with E-state index >= 15 is 0 Å². The standard InChI is InChI=1S/C24H22O3/c1-27-21-14-12-20(13-15-21)23(25)17-22(19-10-6-3-7-11-19)24(26)16-18-8-4-2-5-9-18/h2-15,22H,16-17H2,1H3. The molecule has 3 aromatic carbocycles. The quantitative estimate of drug-likeness (QED) is 0.540. The molecule has 0 aliphatic rings. The zero-order chi connectivity index (χ0) is 19.1. The minimum Gasteiger partial charge on any atom is -0.497 e. The predicted octanol–water partition coefficient (Wildman–Crippen LogP) is 4.86. The van der Waals surface area contributed by atoms with E-state index in [-0.39, 0.29) is 18.0 Å². The Kier molecular flexibility index (Phi) is 6.16. The van der Waals surface area contributed by atoms with E-state index in [9.17, 15) is 9.59 Å². The number of hydrogen-bond donors (Lipinski definition) is 0. The average Bonchev–Trinajstić information content (AvgIpc) is 2.73. The van der Waals surface area contributed by atoms with Crippen molar-refractivity contribution in [2.45, 2.75) is 18.8 Å². The van der Waals surface area contributed by atoms with Gasteiger partial charge in [-0.05, 0) is 35.4 Å². The minimum absolute atomic E-state index is 0.0482. The molecular weight excluding hydrogens is 336 g/mol. The molecule has 0 amide bonds. The monoisotopic (exact) mass is 358 g/mol. The minimum atomic E-state index is -0.457. The van der Waals surface area contributed by atoms with E-state index < -0.39 is 5.92 Å². The summed E-state index contributed by atoms with van der Waals surface area (Å²) in [6.07, 6.45) is 0.471. The molecule has 3 nitrogen and oxygen atoms in total. The number of Topliss-reactive ketones (excluding diaryl/α,β-unsaturated/α-hetero) is 2. The molecule has 0 fully saturated rings. The summed E-state index contributed by atoms with van der Waals surface area (Å²) >= 11 is 0. The lowest BCUT2D eigenvalue weighted by Crippen LogP contribution is -2.19. The first kappa shape index (κ1) is 18.6. The number of benzene rings is 3. The topological polar surface area (TPSA) is 43.4 Å². The molecule has 0 radical (unpaired) electrons. The highest BCUT2D eigenvalue weighted by molar-refractivity contribution is 6.00. The second kappa shape index (κ2) is 8.95. The Hall–Kier alpha value is -3.20. The van der Waals surface area contributed by atoms with Crippen LogP contribution in [-0.4, -0.2) is 18.7 Å². The number of ether oxygens (including phenoxy) is 1. The lowest BCUT2D eigenvalue weighted by Gasteiger charge is -2.16. The van der Waals surface area contributed by atoms with Crippen LogP contribution in [0.4, 0.5) is 0 Å². The van der Waals surface area contributed by atoms with Gasteiger partial charge in [-0.3, -0.25) is 9.59 Å². The van der Waals surface area contributed by atoms with E-state index in [1.165, 1.54) is 0 Å². The Balaban J connectivity index is 1.81. The summed E-state index contributed by atoms with van der Waals surface area (Å²) < 4.78 is 5.14. The summed E-state index contributed by atoms with van der Waals surface area (Å²) in [5, 5.41) is 0. The fourth-order valence-electron chi connectivity index (χ4n) is 3.10. The van der Waals surface area contributed by atoms with Gasteiger partial charge in [-0.1, -0.05) is 60.7 Å². The predicted molar refractivity (Wildman–Crippen MR) is 106 cm³/mol. The van der Waals surface area contributed by atoms with Gasteiger partial charge in [0, 0.05) is 18.4 Å². The SMILES string of the molecule is COc1ccc(C(=O)CC(C(=O)Cc2ccccc2)c2ccccc2)cc1. The van der Waals surface area contributed by atoms with Crippen LogP contribution in [0.25, 0.3) is 0 Å². The van der Waals surface area contributed by atoms with Crippen molar-refractivity contribution >= 4 is 11.6 Å². The van der Waals surface area contributed by atoms with E-state index in [1.807, 2.05) is 60.7 Å². The first-order valence-corrected chi connectivity index (χ1v) is 8.96. The Morgan fingerprint density at radius 3 is 2.00 bits per heavy atom. The number of carbonyl (C=O) groups is 2. The summed E-state index contributed by atoms with van der Waals surface area (Å²) in [5.74, 6) is 0.245. The Morgan fingerprint density at radius 1 is 0.815 bits per heavy atom. The molecule has 3 rings (SSSR count).